The number of anilines is 1. The van der Waals surface area contributed by atoms with Gasteiger partial charge in [-0.05, 0) is 67.7 Å². The lowest BCUT2D eigenvalue weighted by Gasteiger charge is -2.22. The molecular weight excluding hydrogens is 222 g/mol. The lowest BCUT2D eigenvalue weighted by molar-refractivity contribution is 0.348. The lowest BCUT2D eigenvalue weighted by Crippen LogP contribution is -2.20. The Morgan fingerprint density at radius 3 is 2.78 bits per heavy atom. The predicted molar refractivity (Wildman–Crippen MR) is 75.2 cm³/mol. The molecule has 0 heterocycles. The Bertz CT molecular complexity index is 429. The quantitative estimate of drug-likeness (QED) is 0.870. The van der Waals surface area contributed by atoms with Gasteiger partial charge in [-0.3, -0.25) is 0 Å². The number of fused-ring (bicyclic) bond motifs is 2. The molecule has 3 rings (SSSR count). The van der Waals surface area contributed by atoms with Gasteiger partial charge >= 0.3 is 0 Å². The third-order valence-corrected chi connectivity index (χ3v) is 4.85. The second kappa shape index (κ2) is 4.83. The first kappa shape index (κ1) is 11.9. The molecule has 18 heavy (non-hydrogen) atoms. The number of aryl methyl sites for hydroxylation is 1. The first-order valence-corrected chi connectivity index (χ1v) is 7.15. The van der Waals surface area contributed by atoms with E-state index in [0.29, 0.717) is 0 Å². The van der Waals surface area contributed by atoms with Gasteiger partial charge in [-0.15, -0.1) is 0 Å². The zero-order chi connectivity index (χ0) is 12.5. The van der Waals surface area contributed by atoms with Crippen LogP contribution in [0.2, 0.25) is 0 Å². The van der Waals surface area contributed by atoms with Gasteiger partial charge < -0.3 is 10.1 Å². The van der Waals surface area contributed by atoms with Crippen molar-refractivity contribution in [3.05, 3.63) is 23.8 Å². The number of rotatable bonds is 4. The van der Waals surface area contributed by atoms with Crippen molar-refractivity contribution < 1.29 is 4.74 Å². The molecule has 0 aliphatic heterocycles. The largest absolute Gasteiger partial charge is 0.496 e. The van der Waals surface area contributed by atoms with E-state index in [2.05, 4.69) is 30.4 Å². The fourth-order valence-corrected chi connectivity index (χ4v) is 3.86. The molecule has 0 spiro atoms. The van der Waals surface area contributed by atoms with Gasteiger partial charge in [0.15, 0.2) is 0 Å². The molecule has 0 amide bonds. The highest BCUT2D eigenvalue weighted by molar-refractivity contribution is 5.50. The van der Waals surface area contributed by atoms with Crippen LogP contribution in [-0.2, 0) is 0 Å². The summed E-state index contributed by atoms with van der Waals surface area (Å²) in [5, 5.41) is 3.61. The Hall–Kier alpha value is -1.18. The van der Waals surface area contributed by atoms with E-state index in [9.17, 15) is 0 Å². The van der Waals surface area contributed by atoms with Crippen molar-refractivity contribution in [3.63, 3.8) is 0 Å². The van der Waals surface area contributed by atoms with E-state index < -0.39 is 0 Å². The van der Waals surface area contributed by atoms with Crippen LogP contribution in [0.5, 0.6) is 5.75 Å². The predicted octanol–water partition coefficient (Wildman–Crippen LogP) is 3.85. The van der Waals surface area contributed by atoms with Crippen molar-refractivity contribution in [2.75, 3.05) is 19.0 Å². The normalized spacial score (nSPS) is 29.6. The molecule has 2 aliphatic rings. The van der Waals surface area contributed by atoms with Crippen molar-refractivity contribution in [2.24, 2.45) is 17.8 Å². The maximum atomic E-state index is 5.29. The van der Waals surface area contributed by atoms with E-state index in [1.54, 1.807) is 7.11 Å². The standard InChI is InChI=1S/C16H23NO/c1-11-7-15(5-6-16(11)18-2)17-10-14-9-12-3-4-13(14)8-12/h5-7,12-14,17H,3-4,8-10H2,1-2H3. The van der Waals surface area contributed by atoms with Crippen molar-refractivity contribution in [1.82, 2.24) is 0 Å². The molecule has 1 aromatic carbocycles. The zero-order valence-electron chi connectivity index (χ0n) is 11.4. The molecule has 0 aromatic heterocycles. The van der Waals surface area contributed by atoms with E-state index in [1.165, 1.54) is 36.9 Å². The molecule has 0 saturated heterocycles. The summed E-state index contributed by atoms with van der Waals surface area (Å²) in [6.07, 6.45) is 5.91. The Morgan fingerprint density at radius 2 is 2.17 bits per heavy atom. The average Bonchev–Trinajstić information content (AvgIpc) is 2.98. The molecule has 2 aliphatic carbocycles. The zero-order valence-corrected chi connectivity index (χ0v) is 11.4. The van der Waals surface area contributed by atoms with Crippen LogP contribution < -0.4 is 10.1 Å². The van der Waals surface area contributed by atoms with Gasteiger partial charge in [-0.2, -0.15) is 0 Å². The van der Waals surface area contributed by atoms with E-state index in [1.807, 2.05) is 0 Å². The maximum absolute atomic E-state index is 5.29. The minimum Gasteiger partial charge on any atom is -0.496 e. The third-order valence-electron chi connectivity index (χ3n) is 4.85. The summed E-state index contributed by atoms with van der Waals surface area (Å²) >= 11 is 0. The summed E-state index contributed by atoms with van der Waals surface area (Å²) in [6.45, 7) is 3.24. The minimum atomic E-state index is 0.908. The Balaban J connectivity index is 1.58. The summed E-state index contributed by atoms with van der Waals surface area (Å²) in [5.74, 6) is 3.92. The molecular formula is C16H23NO. The van der Waals surface area contributed by atoms with Crippen LogP contribution in [0.3, 0.4) is 0 Å². The van der Waals surface area contributed by atoms with E-state index in [-0.39, 0.29) is 0 Å². The van der Waals surface area contributed by atoms with Gasteiger partial charge in [0, 0.05) is 12.2 Å². The van der Waals surface area contributed by atoms with Gasteiger partial charge in [0.05, 0.1) is 7.11 Å². The van der Waals surface area contributed by atoms with E-state index in [0.717, 1.165) is 30.0 Å². The first-order valence-electron chi connectivity index (χ1n) is 7.15. The van der Waals surface area contributed by atoms with Crippen LogP contribution >= 0.6 is 0 Å². The van der Waals surface area contributed by atoms with Gasteiger partial charge in [0.25, 0.3) is 0 Å². The Morgan fingerprint density at radius 1 is 1.28 bits per heavy atom. The van der Waals surface area contributed by atoms with Crippen LogP contribution in [0.1, 0.15) is 31.2 Å². The van der Waals surface area contributed by atoms with E-state index in [4.69, 9.17) is 4.74 Å². The molecule has 3 unspecified atom stereocenters. The van der Waals surface area contributed by atoms with Crippen molar-refractivity contribution in [3.8, 4) is 5.75 Å². The van der Waals surface area contributed by atoms with Crippen LogP contribution in [0.25, 0.3) is 0 Å². The highest BCUT2D eigenvalue weighted by Gasteiger charge is 2.38. The van der Waals surface area contributed by atoms with Crippen LogP contribution in [-0.4, -0.2) is 13.7 Å². The number of methoxy groups -OCH3 is 1. The van der Waals surface area contributed by atoms with Gasteiger partial charge in [0.1, 0.15) is 5.75 Å². The fourth-order valence-electron chi connectivity index (χ4n) is 3.86. The molecule has 98 valence electrons. The minimum absolute atomic E-state index is 0.908. The molecule has 2 heteroatoms. The van der Waals surface area contributed by atoms with Crippen molar-refractivity contribution >= 4 is 5.69 Å². The molecule has 1 N–H and O–H groups in total. The third kappa shape index (κ3) is 2.21. The number of hydrogen-bond donors (Lipinski definition) is 1. The van der Waals surface area contributed by atoms with Gasteiger partial charge in [-0.1, -0.05) is 6.42 Å². The molecule has 2 bridgehead atoms. The monoisotopic (exact) mass is 245 g/mol. The van der Waals surface area contributed by atoms with Gasteiger partial charge in [-0.25, -0.2) is 0 Å². The molecule has 0 radical (unpaired) electrons. The number of ether oxygens (including phenoxy) is 1. The topological polar surface area (TPSA) is 21.3 Å². The Kier molecular flexibility index (Phi) is 3.19. The molecule has 2 nitrogen and oxygen atoms in total. The summed E-state index contributed by atoms with van der Waals surface area (Å²) < 4.78 is 5.29. The van der Waals surface area contributed by atoms with Crippen LogP contribution in [0.4, 0.5) is 5.69 Å². The molecule has 3 atom stereocenters. The van der Waals surface area contributed by atoms with Gasteiger partial charge in [0.2, 0.25) is 0 Å². The smallest absolute Gasteiger partial charge is 0.121 e. The molecule has 2 saturated carbocycles. The molecule has 1 aromatic rings. The second-order valence-corrected chi connectivity index (χ2v) is 6.00. The first-order chi connectivity index (χ1) is 8.76. The van der Waals surface area contributed by atoms with Crippen LogP contribution in [0.15, 0.2) is 18.2 Å². The summed E-state index contributed by atoms with van der Waals surface area (Å²) in [6, 6.07) is 6.36. The summed E-state index contributed by atoms with van der Waals surface area (Å²) in [5.41, 5.74) is 2.44. The SMILES string of the molecule is COc1ccc(NCC2CC3CCC2C3)cc1C. The van der Waals surface area contributed by atoms with Crippen molar-refractivity contribution in [2.45, 2.75) is 32.6 Å². The Labute approximate surface area is 110 Å². The van der Waals surface area contributed by atoms with Crippen molar-refractivity contribution in [1.29, 1.82) is 0 Å². The number of hydrogen-bond acceptors (Lipinski definition) is 2. The van der Waals surface area contributed by atoms with Crippen LogP contribution in [0, 0.1) is 24.7 Å². The summed E-state index contributed by atoms with van der Waals surface area (Å²) in [4.78, 5) is 0. The molecule has 2 fully saturated rings. The fraction of sp³-hybridized carbons (Fsp3) is 0.625. The number of nitrogens with one attached hydrogen (secondary N) is 1. The highest BCUT2D eigenvalue weighted by atomic mass is 16.5. The second-order valence-electron chi connectivity index (χ2n) is 6.00. The average molecular weight is 245 g/mol. The maximum Gasteiger partial charge on any atom is 0.121 e. The lowest BCUT2D eigenvalue weighted by atomic mass is 9.89. The van der Waals surface area contributed by atoms with E-state index >= 15 is 0 Å². The highest BCUT2D eigenvalue weighted by Crippen LogP contribution is 2.48. The number of benzene rings is 1. The summed E-state index contributed by atoms with van der Waals surface area (Å²) in [7, 11) is 1.73.